The minimum Gasteiger partial charge on any atom is -0.360 e. The largest absolute Gasteiger partial charge is 0.360 e. The Labute approximate surface area is 84.6 Å². The van der Waals surface area contributed by atoms with Gasteiger partial charge in [-0.05, 0) is 25.0 Å². The first-order valence-corrected chi connectivity index (χ1v) is 4.79. The van der Waals surface area contributed by atoms with Gasteiger partial charge in [-0.1, -0.05) is 19.9 Å². The number of aromatic nitrogens is 1. The zero-order valence-electron chi connectivity index (χ0n) is 8.82. The van der Waals surface area contributed by atoms with Gasteiger partial charge < -0.3 is 5.32 Å². The summed E-state index contributed by atoms with van der Waals surface area (Å²) in [5.74, 6) is 1.17. The molecule has 3 nitrogen and oxygen atoms in total. The topological polar surface area (TPSA) is 42.0 Å². The van der Waals surface area contributed by atoms with Gasteiger partial charge in [-0.3, -0.25) is 4.79 Å². The van der Waals surface area contributed by atoms with Gasteiger partial charge in [0.25, 0.3) is 0 Å². The highest BCUT2D eigenvalue weighted by molar-refractivity contribution is 5.84. The average Bonchev–Trinajstić information content (AvgIpc) is 2.15. The van der Waals surface area contributed by atoms with Gasteiger partial charge in [0.15, 0.2) is 5.78 Å². The molecule has 0 aliphatic rings. The number of nitrogens with one attached hydrogen (secondary N) is 1. The first-order chi connectivity index (χ1) is 6.61. The lowest BCUT2D eigenvalue weighted by atomic mass is 10.0. The van der Waals surface area contributed by atoms with Gasteiger partial charge in [-0.15, -0.1) is 0 Å². The van der Waals surface area contributed by atoms with E-state index in [2.05, 4.69) is 10.3 Å². The molecule has 0 saturated carbocycles. The summed E-state index contributed by atoms with van der Waals surface area (Å²) in [6.07, 6.45) is 1.71. The third kappa shape index (κ3) is 2.83. The van der Waals surface area contributed by atoms with Crippen LogP contribution in [0.1, 0.15) is 20.8 Å². The van der Waals surface area contributed by atoms with Crippen LogP contribution >= 0.6 is 0 Å². The van der Waals surface area contributed by atoms with Crippen LogP contribution < -0.4 is 5.32 Å². The lowest BCUT2D eigenvalue weighted by molar-refractivity contribution is -0.118. The number of ketones is 1. The lowest BCUT2D eigenvalue weighted by Gasteiger charge is -2.19. The number of carbonyl (C=O) groups excluding carboxylic acids is 1. The maximum absolute atomic E-state index is 11.3. The highest BCUT2D eigenvalue weighted by Crippen LogP contribution is 2.10. The van der Waals surface area contributed by atoms with E-state index in [0.29, 0.717) is 0 Å². The molecule has 1 N–H and O–H groups in total. The molecule has 1 heterocycles. The molecule has 1 aromatic rings. The fourth-order valence-electron chi connectivity index (χ4n) is 1.35. The third-order valence-corrected chi connectivity index (χ3v) is 2.07. The Kier molecular flexibility index (Phi) is 3.63. The van der Waals surface area contributed by atoms with E-state index in [4.69, 9.17) is 0 Å². The normalized spacial score (nSPS) is 12.6. The summed E-state index contributed by atoms with van der Waals surface area (Å²) in [5, 5.41) is 3.12. The van der Waals surface area contributed by atoms with Crippen LogP contribution in [0.2, 0.25) is 0 Å². The fraction of sp³-hybridized carbons (Fsp3) is 0.455. The second-order valence-corrected chi connectivity index (χ2v) is 3.69. The monoisotopic (exact) mass is 192 g/mol. The van der Waals surface area contributed by atoms with E-state index < -0.39 is 0 Å². The number of hydrogen-bond acceptors (Lipinski definition) is 3. The van der Waals surface area contributed by atoms with Gasteiger partial charge in [0.05, 0.1) is 6.04 Å². The molecule has 3 heteroatoms. The predicted octanol–water partition coefficient (Wildman–Crippen LogP) is 2.11. The SMILES string of the molecule is CC(=O)C(Nc1ccccn1)C(C)C. The minimum atomic E-state index is -0.148. The van der Waals surface area contributed by atoms with Crippen molar-refractivity contribution in [1.82, 2.24) is 4.98 Å². The van der Waals surface area contributed by atoms with Gasteiger partial charge >= 0.3 is 0 Å². The van der Waals surface area contributed by atoms with Crippen molar-refractivity contribution in [3.05, 3.63) is 24.4 Å². The van der Waals surface area contributed by atoms with Crippen molar-refractivity contribution in [2.45, 2.75) is 26.8 Å². The maximum atomic E-state index is 11.3. The van der Waals surface area contributed by atoms with Crippen LogP contribution in [0.5, 0.6) is 0 Å². The number of carbonyl (C=O) groups is 1. The first kappa shape index (κ1) is 10.7. The van der Waals surface area contributed by atoms with E-state index in [1.807, 2.05) is 32.0 Å². The van der Waals surface area contributed by atoms with E-state index in [-0.39, 0.29) is 17.7 Å². The van der Waals surface area contributed by atoms with Crippen LogP contribution in [-0.2, 0) is 4.79 Å². The molecule has 0 fully saturated rings. The van der Waals surface area contributed by atoms with Crippen LogP contribution in [0.15, 0.2) is 24.4 Å². The number of nitrogens with zero attached hydrogens (tertiary/aromatic N) is 1. The van der Waals surface area contributed by atoms with Crippen LogP contribution in [0.4, 0.5) is 5.82 Å². The van der Waals surface area contributed by atoms with Crippen molar-refractivity contribution in [3.8, 4) is 0 Å². The summed E-state index contributed by atoms with van der Waals surface area (Å²) in [6.45, 7) is 5.63. The number of pyridine rings is 1. The summed E-state index contributed by atoms with van der Waals surface area (Å²) in [7, 11) is 0. The van der Waals surface area contributed by atoms with Gasteiger partial charge in [-0.25, -0.2) is 4.98 Å². The number of Topliss-reactive ketones (excluding diaryl/α,β-unsaturated/α-hetero) is 1. The summed E-state index contributed by atoms with van der Waals surface area (Å²) < 4.78 is 0. The van der Waals surface area contributed by atoms with Crippen LogP contribution in [0, 0.1) is 5.92 Å². The van der Waals surface area contributed by atoms with E-state index >= 15 is 0 Å². The summed E-state index contributed by atoms with van der Waals surface area (Å²) >= 11 is 0. The molecule has 1 rings (SSSR count). The van der Waals surface area contributed by atoms with Crippen molar-refractivity contribution >= 4 is 11.6 Å². The molecule has 14 heavy (non-hydrogen) atoms. The maximum Gasteiger partial charge on any atom is 0.152 e. The van der Waals surface area contributed by atoms with Crippen molar-refractivity contribution in [2.24, 2.45) is 5.92 Å². The van der Waals surface area contributed by atoms with Crippen LogP contribution in [-0.4, -0.2) is 16.8 Å². The van der Waals surface area contributed by atoms with Gasteiger partial charge in [0.1, 0.15) is 5.82 Å². The van der Waals surface area contributed by atoms with Gasteiger partial charge in [-0.2, -0.15) is 0 Å². The third-order valence-electron chi connectivity index (χ3n) is 2.07. The van der Waals surface area contributed by atoms with E-state index in [1.54, 1.807) is 13.1 Å². The molecule has 0 aliphatic heterocycles. The lowest BCUT2D eigenvalue weighted by Crippen LogP contribution is -2.33. The van der Waals surface area contributed by atoms with Crippen LogP contribution in [0.3, 0.4) is 0 Å². The Balaban J connectivity index is 2.70. The quantitative estimate of drug-likeness (QED) is 0.794. The van der Waals surface area contributed by atoms with Crippen molar-refractivity contribution in [3.63, 3.8) is 0 Å². The number of rotatable bonds is 4. The van der Waals surface area contributed by atoms with Gasteiger partial charge in [0.2, 0.25) is 0 Å². The minimum absolute atomic E-state index is 0.144. The summed E-state index contributed by atoms with van der Waals surface area (Å²) in [4.78, 5) is 15.4. The Morgan fingerprint density at radius 3 is 2.57 bits per heavy atom. The van der Waals surface area contributed by atoms with Crippen molar-refractivity contribution in [2.75, 3.05) is 5.32 Å². The molecule has 76 valence electrons. The fourth-order valence-corrected chi connectivity index (χ4v) is 1.35. The molecular formula is C11H16N2O. The Hall–Kier alpha value is -1.38. The van der Waals surface area contributed by atoms with Gasteiger partial charge in [0, 0.05) is 6.20 Å². The smallest absolute Gasteiger partial charge is 0.152 e. The molecule has 0 saturated heterocycles. The molecule has 1 atom stereocenters. The standard InChI is InChI=1S/C11H16N2O/c1-8(2)11(9(3)14)13-10-6-4-5-7-12-10/h4-8,11H,1-3H3,(H,12,13). The van der Waals surface area contributed by atoms with E-state index in [0.717, 1.165) is 5.82 Å². The predicted molar refractivity (Wildman–Crippen MR) is 57.2 cm³/mol. The Morgan fingerprint density at radius 2 is 2.14 bits per heavy atom. The van der Waals surface area contributed by atoms with E-state index in [9.17, 15) is 4.79 Å². The highest BCUT2D eigenvalue weighted by Gasteiger charge is 2.17. The van der Waals surface area contributed by atoms with Crippen molar-refractivity contribution < 1.29 is 4.79 Å². The average molecular weight is 192 g/mol. The highest BCUT2D eigenvalue weighted by atomic mass is 16.1. The zero-order valence-corrected chi connectivity index (χ0v) is 8.82. The molecular weight excluding hydrogens is 176 g/mol. The Morgan fingerprint density at radius 1 is 1.43 bits per heavy atom. The second-order valence-electron chi connectivity index (χ2n) is 3.69. The number of hydrogen-bond donors (Lipinski definition) is 1. The second kappa shape index (κ2) is 4.74. The molecule has 0 aromatic carbocycles. The zero-order chi connectivity index (χ0) is 10.6. The summed E-state index contributed by atoms with van der Waals surface area (Å²) in [5.41, 5.74) is 0. The van der Waals surface area contributed by atoms with Crippen molar-refractivity contribution in [1.29, 1.82) is 0 Å². The first-order valence-electron chi connectivity index (χ1n) is 4.79. The molecule has 1 unspecified atom stereocenters. The Bertz CT molecular complexity index is 295. The van der Waals surface area contributed by atoms with Crippen LogP contribution in [0.25, 0.3) is 0 Å². The molecule has 1 aromatic heterocycles. The molecule has 0 amide bonds. The molecule has 0 spiro atoms. The molecule has 0 aliphatic carbocycles. The summed E-state index contributed by atoms with van der Waals surface area (Å²) in [6, 6.07) is 5.46. The number of anilines is 1. The van der Waals surface area contributed by atoms with E-state index in [1.165, 1.54) is 0 Å². The molecule has 0 bridgehead atoms. The molecule has 0 radical (unpaired) electrons.